The summed E-state index contributed by atoms with van der Waals surface area (Å²) in [6.45, 7) is 3.63. The van der Waals surface area contributed by atoms with E-state index in [4.69, 9.17) is 4.52 Å². The molecule has 0 saturated heterocycles. The lowest BCUT2D eigenvalue weighted by molar-refractivity contribution is -0.126. The van der Waals surface area contributed by atoms with Crippen LogP contribution in [0.25, 0.3) is 0 Å². The molecule has 0 saturated carbocycles. The number of carbonyl (C=O) groups excluding carboxylic acids is 1. The molecule has 12 heavy (non-hydrogen) atoms. The van der Waals surface area contributed by atoms with E-state index in [2.05, 4.69) is 0 Å². The number of carbonyl (C=O) groups is 1. The van der Waals surface area contributed by atoms with E-state index in [1.54, 1.807) is 21.0 Å². The van der Waals surface area contributed by atoms with Gasteiger partial charge in [0.1, 0.15) is 6.16 Å². The van der Waals surface area contributed by atoms with Gasteiger partial charge in [-0.15, -0.1) is 0 Å². The second kappa shape index (κ2) is 4.63. The first kappa shape index (κ1) is 11.7. The fourth-order valence-electron chi connectivity index (χ4n) is 0.706. The third kappa shape index (κ3) is 4.52. The van der Waals surface area contributed by atoms with Crippen LogP contribution >= 0.6 is 7.37 Å². The lowest BCUT2D eigenvalue weighted by Crippen LogP contribution is -2.25. The maximum atomic E-state index is 11.5. The Morgan fingerprint density at radius 1 is 1.50 bits per heavy atom. The summed E-state index contributed by atoms with van der Waals surface area (Å²) in [5, 5.41) is 0. The first-order valence-corrected chi connectivity index (χ1v) is 6.06. The quantitative estimate of drug-likeness (QED) is 0.626. The summed E-state index contributed by atoms with van der Waals surface area (Å²) in [6.07, 6.45) is -0.00611. The van der Waals surface area contributed by atoms with Crippen LogP contribution in [0.5, 0.6) is 0 Å². The molecular weight excluding hydrogens is 177 g/mol. The Labute approximate surface area is 73.3 Å². The maximum Gasteiger partial charge on any atom is 0.231 e. The van der Waals surface area contributed by atoms with E-state index in [9.17, 15) is 9.36 Å². The topological polar surface area (TPSA) is 46.6 Å². The average molecular weight is 193 g/mol. The van der Waals surface area contributed by atoms with E-state index < -0.39 is 7.37 Å². The minimum Gasteiger partial charge on any atom is -0.348 e. The van der Waals surface area contributed by atoms with Gasteiger partial charge in [0.2, 0.25) is 13.3 Å². The molecule has 0 fully saturated rings. The molecule has 0 aliphatic rings. The fraction of sp³-hybridized carbons (Fsp3) is 0.857. The maximum absolute atomic E-state index is 11.5. The molecule has 1 unspecified atom stereocenters. The minimum absolute atomic E-state index is 0.00611. The van der Waals surface area contributed by atoms with Gasteiger partial charge in [-0.25, -0.2) is 0 Å². The van der Waals surface area contributed by atoms with Gasteiger partial charge in [-0.1, -0.05) is 0 Å². The van der Waals surface area contributed by atoms with Crippen molar-refractivity contribution in [2.75, 3.05) is 33.5 Å². The second-order valence-electron chi connectivity index (χ2n) is 2.88. The van der Waals surface area contributed by atoms with E-state index >= 15 is 0 Å². The fourth-order valence-corrected chi connectivity index (χ4v) is 2.12. The normalized spacial score (nSPS) is 15.3. The van der Waals surface area contributed by atoms with Crippen molar-refractivity contribution in [1.29, 1.82) is 0 Å². The Morgan fingerprint density at radius 3 is 2.33 bits per heavy atom. The van der Waals surface area contributed by atoms with Crippen molar-refractivity contribution in [1.82, 2.24) is 4.90 Å². The first-order chi connectivity index (χ1) is 5.39. The molecule has 0 heterocycles. The molecular formula is C7H16NO3P. The molecule has 1 amide bonds. The summed E-state index contributed by atoms with van der Waals surface area (Å²) in [5.74, 6) is -0.158. The molecule has 0 aromatic carbocycles. The molecule has 0 aromatic rings. The summed E-state index contributed by atoms with van der Waals surface area (Å²) < 4.78 is 16.4. The van der Waals surface area contributed by atoms with Crippen molar-refractivity contribution in [3.63, 3.8) is 0 Å². The predicted molar refractivity (Wildman–Crippen MR) is 48.7 cm³/mol. The molecule has 0 bridgehead atoms. The van der Waals surface area contributed by atoms with E-state index in [-0.39, 0.29) is 12.1 Å². The van der Waals surface area contributed by atoms with E-state index in [1.807, 2.05) is 0 Å². The van der Waals surface area contributed by atoms with Crippen LogP contribution in [0.4, 0.5) is 0 Å². The van der Waals surface area contributed by atoms with Crippen molar-refractivity contribution in [3.05, 3.63) is 0 Å². The number of hydrogen-bond acceptors (Lipinski definition) is 3. The zero-order chi connectivity index (χ0) is 9.78. The molecule has 0 N–H and O–H groups in total. The molecule has 0 aliphatic heterocycles. The molecule has 0 aliphatic carbocycles. The van der Waals surface area contributed by atoms with Crippen LogP contribution in [0.15, 0.2) is 0 Å². The predicted octanol–water partition coefficient (Wildman–Crippen LogP) is 1.02. The van der Waals surface area contributed by atoms with Crippen molar-refractivity contribution in [2.45, 2.75) is 6.92 Å². The highest BCUT2D eigenvalue weighted by Crippen LogP contribution is 2.41. The van der Waals surface area contributed by atoms with Crippen LogP contribution in [-0.2, 0) is 13.9 Å². The third-order valence-electron chi connectivity index (χ3n) is 1.32. The van der Waals surface area contributed by atoms with Crippen molar-refractivity contribution in [3.8, 4) is 0 Å². The highest BCUT2D eigenvalue weighted by molar-refractivity contribution is 7.59. The molecule has 0 spiro atoms. The average Bonchev–Trinajstić information content (AvgIpc) is 1.85. The Balaban J connectivity index is 4.06. The number of rotatable bonds is 4. The van der Waals surface area contributed by atoms with E-state index in [0.717, 1.165) is 0 Å². The summed E-state index contributed by atoms with van der Waals surface area (Å²) in [7, 11) is 0.573. The summed E-state index contributed by atoms with van der Waals surface area (Å²) in [5.41, 5.74) is 0. The zero-order valence-electron chi connectivity index (χ0n) is 8.03. The molecule has 4 nitrogen and oxygen atoms in total. The third-order valence-corrected chi connectivity index (χ3v) is 2.97. The molecule has 0 rings (SSSR count). The van der Waals surface area contributed by atoms with Crippen LogP contribution in [0, 0.1) is 0 Å². The van der Waals surface area contributed by atoms with E-state index in [1.165, 1.54) is 11.6 Å². The summed E-state index contributed by atoms with van der Waals surface area (Å²) in [4.78, 5) is 12.5. The van der Waals surface area contributed by atoms with Gasteiger partial charge in [0, 0.05) is 20.8 Å². The number of hydrogen-bond donors (Lipinski definition) is 0. The molecule has 72 valence electrons. The van der Waals surface area contributed by atoms with Crippen molar-refractivity contribution in [2.24, 2.45) is 0 Å². The van der Waals surface area contributed by atoms with Crippen LogP contribution in [-0.4, -0.2) is 44.3 Å². The lowest BCUT2D eigenvalue weighted by Gasteiger charge is -2.15. The zero-order valence-corrected chi connectivity index (χ0v) is 8.93. The van der Waals surface area contributed by atoms with Gasteiger partial charge < -0.3 is 9.42 Å². The van der Waals surface area contributed by atoms with Gasteiger partial charge in [-0.05, 0) is 6.92 Å². The van der Waals surface area contributed by atoms with Gasteiger partial charge in [0.25, 0.3) is 0 Å². The van der Waals surface area contributed by atoms with Crippen LogP contribution in [0.1, 0.15) is 6.92 Å². The Hall–Kier alpha value is -0.340. The Kier molecular flexibility index (Phi) is 4.50. The van der Waals surface area contributed by atoms with Gasteiger partial charge in [-0.2, -0.15) is 0 Å². The number of nitrogens with zero attached hydrogens (tertiary/aromatic N) is 1. The Morgan fingerprint density at radius 2 is 2.00 bits per heavy atom. The minimum atomic E-state index is -2.69. The van der Waals surface area contributed by atoms with Crippen molar-refractivity contribution < 1.29 is 13.9 Å². The largest absolute Gasteiger partial charge is 0.348 e. The lowest BCUT2D eigenvalue weighted by atomic mass is 10.6. The second-order valence-corrected chi connectivity index (χ2v) is 5.48. The van der Waals surface area contributed by atoms with Crippen LogP contribution in [0.2, 0.25) is 0 Å². The summed E-state index contributed by atoms with van der Waals surface area (Å²) in [6, 6.07) is 0. The Bertz CT molecular complexity index is 203. The van der Waals surface area contributed by atoms with E-state index in [0.29, 0.717) is 6.61 Å². The first-order valence-electron chi connectivity index (χ1n) is 3.80. The number of amides is 1. The smallest absolute Gasteiger partial charge is 0.231 e. The highest BCUT2D eigenvalue weighted by Gasteiger charge is 2.20. The van der Waals surface area contributed by atoms with Gasteiger partial charge >= 0.3 is 0 Å². The van der Waals surface area contributed by atoms with Gasteiger partial charge in [-0.3, -0.25) is 9.36 Å². The van der Waals surface area contributed by atoms with Crippen molar-refractivity contribution >= 4 is 13.3 Å². The molecule has 0 aromatic heterocycles. The standard InChI is InChI=1S/C7H16NO3P/c1-5-11-12(4,10)6-7(9)8(2)3/h5-6H2,1-4H3. The molecule has 5 heteroatoms. The SMILES string of the molecule is CCOP(C)(=O)CC(=O)N(C)C. The van der Waals surface area contributed by atoms with Gasteiger partial charge in [0.05, 0.1) is 6.61 Å². The van der Waals surface area contributed by atoms with Gasteiger partial charge in [0.15, 0.2) is 0 Å². The van der Waals surface area contributed by atoms with Crippen LogP contribution < -0.4 is 0 Å². The monoisotopic (exact) mass is 193 g/mol. The highest BCUT2D eigenvalue weighted by atomic mass is 31.2. The summed E-state index contributed by atoms with van der Waals surface area (Å²) >= 11 is 0. The molecule has 0 radical (unpaired) electrons. The van der Waals surface area contributed by atoms with Crippen LogP contribution in [0.3, 0.4) is 0 Å². The molecule has 1 atom stereocenters.